The van der Waals surface area contributed by atoms with E-state index in [4.69, 9.17) is 15.5 Å². The third-order valence-corrected chi connectivity index (χ3v) is 1.69. The van der Waals surface area contributed by atoms with Gasteiger partial charge in [0.1, 0.15) is 11.8 Å². The Balaban J connectivity index is 2.72. The Morgan fingerprint density at radius 2 is 2.21 bits per heavy atom. The average molecular weight is 193 g/mol. The summed E-state index contributed by atoms with van der Waals surface area (Å²) in [5.74, 6) is 0. The minimum absolute atomic E-state index is 0.166. The van der Waals surface area contributed by atoms with Crippen molar-refractivity contribution in [3.8, 4) is 6.07 Å². The molecule has 0 unspecified atom stereocenters. The van der Waals surface area contributed by atoms with Crippen molar-refractivity contribution in [2.45, 2.75) is 6.04 Å². The molecular weight excluding hydrogens is 182 g/mol. The molecule has 0 aliphatic rings. The van der Waals surface area contributed by atoms with Gasteiger partial charge in [0.05, 0.1) is 19.3 Å². The van der Waals surface area contributed by atoms with E-state index >= 15 is 0 Å². The maximum Gasteiger partial charge on any atom is 0.142 e. The van der Waals surface area contributed by atoms with Gasteiger partial charge in [-0.3, -0.25) is 0 Å². The molecule has 1 heterocycles. The number of aliphatic hydroxyl groups is 2. The van der Waals surface area contributed by atoms with Gasteiger partial charge in [-0.1, -0.05) is 0 Å². The Hall–Kier alpha value is -1.64. The second-order valence-corrected chi connectivity index (χ2v) is 2.75. The van der Waals surface area contributed by atoms with Gasteiger partial charge in [-0.05, 0) is 12.1 Å². The number of aromatic nitrogens is 1. The topological polar surface area (TPSA) is 89.2 Å². The van der Waals surface area contributed by atoms with Gasteiger partial charge < -0.3 is 15.5 Å². The fraction of sp³-hybridized carbons (Fsp3) is 0.333. The molecule has 0 saturated carbocycles. The number of aliphatic hydroxyl groups excluding tert-OH is 2. The van der Waals surface area contributed by atoms with Gasteiger partial charge in [-0.25, -0.2) is 4.98 Å². The fourth-order valence-corrected chi connectivity index (χ4v) is 0.966. The van der Waals surface area contributed by atoms with Crippen LogP contribution in [0.1, 0.15) is 5.69 Å². The summed E-state index contributed by atoms with van der Waals surface area (Å²) in [6.07, 6.45) is 1.49. The third-order valence-electron chi connectivity index (χ3n) is 1.69. The zero-order chi connectivity index (χ0) is 10.4. The van der Waals surface area contributed by atoms with Crippen LogP contribution in [0, 0.1) is 11.3 Å². The normalized spacial score (nSPS) is 9.86. The highest BCUT2D eigenvalue weighted by Crippen LogP contribution is 2.08. The van der Waals surface area contributed by atoms with Crippen LogP contribution in [0.25, 0.3) is 0 Å². The van der Waals surface area contributed by atoms with E-state index in [-0.39, 0.29) is 13.2 Å². The molecule has 0 spiro atoms. The molecule has 3 N–H and O–H groups in total. The van der Waals surface area contributed by atoms with Crippen LogP contribution in [0.4, 0.5) is 5.69 Å². The summed E-state index contributed by atoms with van der Waals surface area (Å²) in [6.45, 7) is -0.332. The Bertz CT molecular complexity index is 331. The summed E-state index contributed by atoms with van der Waals surface area (Å²) < 4.78 is 0. The molecule has 5 nitrogen and oxygen atoms in total. The Morgan fingerprint density at radius 1 is 1.50 bits per heavy atom. The van der Waals surface area contributed by atoms with E-state index in [1.165, 1.54) is 6.20 Å². The van der Waals surface area contributed by atoms with Crippen LogP contribution in [0.5, 0.6) is 0 Å². The first-order chi connectivity index (χ1) is 6.80. The molecule has 0 aliphatic carbocycles. The lowest BCUT2D eigenvalue weighted by atomic mass is 10.2. The van der Waals surface area contributed by atoms with Crippen molar-refractivity contribution in [2.24, 2.45) is 0 Å². The number of hydrogen-bond acceptors (Lipinski definition) is 5. The summed E-state index contributed by atoms with van der Waals surface area (Å²) in [5.41, 5.74) is 0.953. The van der Waals surface area contributed by atoms with Crippen molar-refractivity contribution in [3.63, 3.8) is 0 Å². The molecule has 0 saturated heterocycles. The minimum atomic E-state index is -0.413. The third kappa shape index (κ3) is 2.69. The van der Waals surface area contributed by atoms with E-state index in [0.29, 0.717) is 11.4 Å². The van der Waals surface area contributed by atoms with Crippen LogP contribution in [-0.4, -0.2) is 34.5 Å². The summed E-state index contributed by atoms with van der Waals surface area (Å²) in [6, 6.07) is 4.71. The van der Waals surface area contributed by atoms with Crippen LogP contribution in [0.15, 0.2) is 18.3 Å². The van der Waals surface area contributed by atoms with Crippen molar-refractivity contribution in [2.75, 3.05) is 18.5 Å². The smallest absolute Gasteiger partial charge is 0.142 e. The predicted molar refractivity (Wildman–Crippen MR) is 50.5 cm³/mol. The second kappa shape index (κ2) is 5.17. The quantitative estimate of drug-likeness (QED) is 0.612. The van der Waals surface area contributed by atoms with Crippen LogP contribution < -0.4 is 5.32 Å². The number of nitrogens with one attached hydrogen (secondary N) is 1. The Labute approximate surface area is 81.6 Å². The highest BCUT2D eigenvalue weighted by atomic mass is 16.3. The van der Waals surface area contributed by atoms with Gasteiger partial charge in [-0.15, -0.1) is 0 Å². The van der Waals surface area contributed by atoms with Crippen LogP contribution in [-0.2, 0) is 0 Å². The van der Waals surface area contributed by atoms with Crippen molar-refractivity contribution >= 4 is 5.69 Å². The van der Waals surface area contributed by atoms with Crippen molar-refractivity contribution < 1.29 is 10.2 Å². The lowest BCUT2D eigenvalue weighted by molar-refractivity contribution is 0.204. The summed E-state index contributed by atoms with van der Waals surface area (Å²) in [7, 11) is 0. The molecule has 0 aliphatic heterocycles. The van der Waals surface area contributed by atoms with Gasteiger partial charge >= 0.3 is 0 Å². The van der Waals surface area contributed by atoms with E-state index in [0.717, 1.165) is 0 Å². The first-order valence-electron chi connectivity index (χ1n) is 4.14. The maximum atomic E-state index is 8.81. The molecule has 1 rings (SSSR count). The van der Waals surface area contributed by atoms with Crippen LogP contribution in [0.2, 0.25) is 0 Å². The highest BCUT2D eigenvalue weighted by Gasteiger charge is 2.05. The second-order valence-electron chi connectivity index (χ2n) is 2.75. The van der Waals surface area contributed by atoms with Crippen LogP contribution >= 0.6 is 0 Å². The molecule has 0 fully saturated rings. The molecular formula is C9H11N3O2. The Kier molecular flexibility index (Phi) is 3.85. The lowest BCUT2D eigenvalue weighted by Crippen LogP contribution is -2.27. The fourth-order valence-electron chi connectivity index (χ4n) is 0.966. The molecule has 1 aromatic heterocycles. The molecule has 0 atom stereocenters. The van der Waals surface area contributed by atoms with Gasteiger partial charge in [0.15, 0.2) is 0 Å². The molecule has 1 aromatic rings. The summed E-state index contributed by atoms with van der Waals surface area (Å²) >= 11 is 0. The zero-order valence-corrected chi connectivity index (χ0v) is 7.51. The van der Waals surface area contributed by atoms with Crippen LogP contribution in [0.3, 0.4) is 0 Å². The van der Waals surface area contributed by atoms with E-state index in [1.54, 1.807) is 12.1 Å². The molecule has 5 heteroatoms. The van der Waals surface area contributed by atoms with E-state index < -0.39 is 6.04 Å². The molecule has 14 heavy (non-hydrogen) atoms. The Morgan fingerprint density at radius 3 is 2.79 bits per heavy atom. The standard InChI is InChI=1S/C9H11N3O2/c10-4-8-3-7(1-2-11-8)12-9(5-13)6-14/h1-3,9,13-14H,5-6H2,(H,11,12). The van der Waals surface area contributed by atoms with Gasteiger partial charge in [-0.2, -0.15) is 5.26 Å². The minimum Gasteiger partial charge on any atom is -0.394 e. The lowest BCUT2D eigenvalue weighted by Gasteiger charge is -2.14. The summed E-state index contributed by atoms with van der Waals surface area (Å²) in [5, 5.41) is 29.1. The van der Waals surface area contributed by atoms with Gasteiger partial charge in [0.2, 0.25) is 0 Å². The monoisotopic (exact) mass is 193 g/mol. The molecule has 0 aromatic carbocycles. The SMILES string of the molecule is N#Cc1cc(NC(CO)CO)ccn1. The van der Waals surface area contributed by atoms with E-state index in [2.05, 4.69) is 10.3 Å². The molecule has 0 radical (unpaired) electrons. The number of pyridine rings is 1. The number of rotatable bonds is 4. The van der Waals surface area contributed by atoms with Crippen molar-refractivity contribution in [1.82, 2.24) is 4.98 Å². The van der Waals surface area contributed by atoms with Crippen molar-refractivity contribution in [1.29, 1.82) is 5.26 Å². The highest BCUT2D eigenvalue weighted by molar-refractivity contribution is 5.46. The largest absolute Gasteiger partial charge is 0.394 e. The number of anilines is 1. The first kappa shape index (κ1) is 10.4. The van der Waals surface area contributed by atoms with E-state index in [9.17, 15) is 0 Å². The molecule has 0 bridgehead atoms. The van der Waals surface area contributed by atoms with Gasteiger partial charge in [0.25, 0.3) is 0 Å². The number of hydrogen-bond donors (Lipinski definition) is 3. The average Bonchev–Trinajstić information content (AvgIpc) is 2.26. The number of nitriles is 1. The van der Waals surface area contributed by atoms with Gasteiger partial charge in [0, 0.05) is 11.9 Å². The molecule has 74 valence electrons. The maximum absolute atomic E-state index is 8.81. The molecule has 0 amide bonds. The number of nitrogens with zero attached hydrogens (tertiary/aromatic N) is 2. The summed E-state index contributed by atoms with van der Waals surface area (Å²) in [4.78, 5) is 3.79. The van der Waals surface area contributed by atoms with E-state index in [1.807, 2.05) is 6.07 Å². The van der Waals surface area contributed by atoms with Crippen molar-refractivity contribution in [3.05, 3.63) is 24.0 Å². The predicted octanol–water partition coefficient (Wildman–Crippen LogP) is -0.282. The first-order valence-corrected chi connectivity index (χ1v) is 4.14. The zero-order valence-electron chi connectivity index (χ0n) is 7.51.